The number of aryl methyl sites for hydroxylation is 1. The average Bonchev–Trinajstić information content (AvgIpc) is 3.14. The summed E-state index contributed by atoms with van der Waals surface area (Å²) in [6.07, 6.45) is 7.03. The Morgan fingerprint density at radius 2 is 2.21 bits per heavy atom. The summed E-state index contributed by atoms with van der Waals surface area (Å²) >= 11 is 1.44. The predicted molar refractivity (Wildman–Crippen MR) is 96.7 cm³/mol. The van der Waals surface area contributed by atoms with Gasteiger partial charge in [-0.3, -0.25) is 9.48 Å². The highest BCUT2D eigenvalue weighted by molar-refractivity contribution is 7.13. The molecule has 0 bridgehead atoms. The van der Waals surface area contributed by atoms with Gasteiger partial charge in [0.25, 0.3) is 5.56 Å². The van der Waals surface area contributed by atoms with Gasteiger partial charge in [0.15, 0.2) is 0 Å². The van der Waals surface area contributed by atoms with Gasteiger partial charge in [-0.25, -0.2) is 9.97 Å². The molecule has 0 aromatic carbocycles. The van der Waals surface area contributed by atoms with E-state index in [9.17, 15) is 4.79 Å². The van der Waals surface area contributed by atoms with Gasteiger partial charge in [-0.2, -0.15) is 5.10 Å². The van der Waals surface area contributed by atoms with Crippen LogP contribution in [0.2, 0.25) is 0 Å². The van der Waals surface area contributed by atoms with Crippen LogP contribution >= 0.6 is 11.3 Å². The van der Waals surface area contributed by atoms with Crippen LogP contribution in [0, 0.1) is 12.8 Å². The molecule has 0 amide bonds. The molecule has 3 heterocycles. The molecular weight excluding hydrogens is 322 g/mol. The van der Waals surface area contributed by atoms with Crippen molar-refractivity contribution in [2.45, 2.75) is 27.3 Å². The molecule has 1 N–H and O–H groups in total. The lowest BCUT2D eigenvalue weighted by molar-refractivity contribution is 0.480. The molecule has 0 saturated carbocycles. The van der Waals surface area contributed by atoms with Crippen molar-refractivity contribution in [3.05, 3.63) is 51.4 Å². The molecule has 0 saturated heterocycles. The third-order valence-corrected chi connectivity index (χ3v) is 4.36. The Kier molecular flexibility index (Phi) is 4.71. The molecule has 3 aromatic rings. The van der Waals surface area contributed by atoms with Crippen molar-refractivity contribution >= 4 is 23.5 Å². The zero-order valence-corrected chi connectivity index (χ0v) is 14.7. The standard InChI is InChI=1S/C17H19N5OS/c1-11(2)9-22-13(6-7-19-22)4-5-15-18-8-14(16(23)21-15)17-20-12(3)10-24-17/h4-8,10-11H,9H2,1-3H3,(H,18,21,23)/b5-4+. The lowest BCUT2D eigenvalue weighted by Gasteiger charge is -2.07. The number of aromatic nitrogens is 5. The Hall–Kier alpha value is -2.54. The molecule has 0 aliphatic carbocycles. The van der Waals surface area contributed by atoms with Gasteiger partial charge >= 0.3 is 0 Å². The van der Waals surface area contributed by atoms with Crippen LogP contribution in [0.5, 0.6) is 0 Å². The lowest BCUT2D eigenvalue weighted by atomic mass is 10.2. The molecule has 7 heteroatoms. The van der Waals surface area contributed by atoms with E-state index in [0.717, 1.165) is 17.9 Å². The Balaban J connectivity index is 1.83. The van der Waals surface area contributed by atoms with Crippen LogP contribution in [0.25, 0.3) is 22.7 Å². The summed E-state index contributed by atoms with van der Waals surface area (Å²) in [7, 11) is 0. The first kappa shape index (κ1) is 16.3. The normalized spacial score (nSPS) is 11.7. The summed E-state index contributed by atoms with van der Waals surface area (Å²) in [6, 6.07) is 1.93. The third kappa shape index (κ3) is 3.68. The van der Waals surface area contributed by atoms with Crippen molar-refractivity contribution in [3.8, 4) is 10.6 Å². The molecular formula is C17H19N5OS. The summed E-state index contributed by atoms with van der Waals surface area (Å²) in [5.41, 5.74) is 2.19. The Morgan fingerprint density at radius 3 is 2.88 bits per heavy atom. The number of rotatable bonds is 5. The van der Waals surface area contributed by atoms with Crippen LogP contribution in [0.1, 0.15) is 31.1 Å². The van der Waals surface area contributed by atoms with Crippen molar-refractivity contribution in [1.29, 1.82) is 0 Å². The first-order valence-electron chi connectivity index (χ1n) is 7.74. The zero-order chi connectivity index (χ0) is 17.1. The van der Waals surface area contributed by atoms with Crippen LogP contribution in [-0.4, -0.2) is 24.7 Å². The molecule has 0 aliphatic rings. The molecule has 0 radical (unpaired) electrons. The van der Waals surface area contributed by atoms with Gasteiger partial charge in [0, 0.05) is 30.0 Å². The average molecular weight is 341 g/mol. The largest absolute Gasteiger partial charge is 0.306 e. The van der Waals surface area contributed by atoms with Crippen LogP contribution in [-0.2, 0) is 6.54 Å². The number of hydrogen-bond acceptors (Lipinski definition) is 5. The number of aromatic amines is 1. The van der Waals surface area contributed by atoms with E-state index in [1.165, 1.54) is 11.3 Å². The summed E-state index contributed by atoms with van der Waals surface area (Å²) in [5.74, 6) is 1.02. The Bertz CT molecular complexity index is 919. The van der Waals surface area contributed by atoms with Gasteiger partial charge in [-0.05, 0) is 31.1 Å². The van der Waals surface area contributed by atoms with Crippen molar-refractivity contribution < 1.29 is 0 Å². The van der Waals surface area contributed by atoms with Crippen molar-refractivity contribution in [1.82, 2.24) is 24.7 Å². The van der Waals surface area contributed by atoms with E-state index in [0.29, 0.717) is 22.3 Å². The smallest absolute Gasteiger partial charge is 0.261 e. The maximum atomic E-state index is 12.2. The molecule has 0 spiro atoms. The second-order valence-corrected chi connectivity index (χ2v) is 6.83. The lowest BCUT2D eigenvalue weighted by Crippen LogP contribution is -2.11. The fourth-order valence-corrected chi connectivity index (χ4v) is 3.07. The zero-order valence-electron chi connectivity index (χ0n) is 13.9. The molecule has 0 aliphatic heterocycles. The number of H-pyrrole nitrogens is 1. The van der Waals surface area contributed by atoms with Gasteiger partial charge in [0.2, 0.25) is 0 Å². The maximum absolute atomic E-state index is 12.2. The second kappa shape index (κ2) is 6.92. The van der Waals surface area contributed by atoms with Crippen molar-refractivity contribution in [2.75, 3.05) is 0 Å². The summed E-state index contributed by atoms with van der Waals surface area (Å²) in [6.45, 7) is 7.04. The first-order valence-corrected chi connectivity index (χ1v) is 8.62. The molecule has 3 rings (SSSR count). The van der Waals surface area contributed by atoms with Gasteiger partial charge < -0.3 is 4.98 Å². The van der Waals surface area contributed by atoms with Gasteiger partial charge in [-0.15, -0.1) is 11.3 Å². The maximum Gasteiger partial charge on any atom is 0.261 e. The molecule has 0 atom stereocenters. The van der Waals surface area contributed by atoms with Crippen molar-refractivity contribution in [2.24, 2.45) is 5.92 Å². The number of thiazole rings is 1. The van der Waals surface area contributed by atoms with E-state index in [4.69, 9.17) is 0 Å². The van der Waals surface area contributed by atoms with Gasteiger partial charge in [-0.1, -0.05) is 13.8 Å². The highest BCUT2D eigenvalue weighted by atomic mass is 32.1. The summed E-state index contributed by atoms with van der Waals surface area (Å²) in [4.78, 5) is 23.7. The van der Waals surface area contributed by atoms with E-state index >= 15 is 0 Å². The molecule has 124 valence electrons. The monoisotopic (exact) mass is 341 g/mol. The van der Waals surface area contributed by atoms with Crippen LogP contribution in [0.15, 0.2) is 28.6 Å². The summed E-state index contributed by atoms with van der Waals surface area (Å²) in [5, 5.41) is 6.91. The first-order chi connectivity index (χ1) is 11.5. The van der Waals surface area contributed by atoms with Crippen LogP contribution in [0.4, 0.5) is 0 Å². The molecule has 3 aromatic heterocycles. The second-order valence-electron chi connectivity index (χ2n) is 5.97. The van der Waals surface area contributed by atoms with Gasteiger partial charge in [0.1, 0.15) is 10.8 Å². The van der Waals surface area contributed by atoms with E-state index in [1.54, 1.807) is 18.5 Å². The highest BCUT2D eigenvalue weighted by Gasteiger charge is 2.08. The number of nitrogens with one attached hydrogen (secondary N) is 1. The fraction of sp³-hybridized carbons (Fsp3) is 0.294. The molecule has 6 nitrogen and oxygen atoms in total. The molecule has 24 heavy (non-hydrogen) atoms. The fourth-order valence-electron chi connectivity index (χ4n) is 2.27. The van der Waals surface area contributed by atoms with E-state index in [-0.39, 0.29) is 5.56 Å². The summed E-state index contributed by atoms with van der Waals surface area (Å²) < 4.78 is 1.94. The van der Waals surface area contributed by atoms with Crippen LogP contribution in [0.3, 0.4) is 0 Å². The van der Waals surface area contributed by atoms with Crippen LogP contribution < -0.4 is 5.56 Å². The minimum atomic E-state index is -0.185. The third-order valence-electron chi connectivity index (χ3n) is 3.37. The Morgan fingerprint density at radius 1 is 1.38 bits per heavy atom. The minimum Gasteiger partial charge on any atom is -0.306 e. The van der Waals surface area contributed by atoms with Gasteiger partial charge in [0.05, 0.1) is 11.3 Å². The quantitative estimate of drug-likeness (QED) is 0.773. The topological polar surface area (TPSA) is 76.5 Å². The number of hydrogen-bond donors (Lipinski definition) is 1. The predicted octanol–water partition coefficient (Wildman–Crippen LogP) is 3.22. The SMILES string of the molecule is Cc1csc(-c2cnc(/C=C/c3ccnn3CC(C)C)[nH]c2=O)n1. The van der Waals surface area contributed by atoms with E-state index < -0.39 is 0 Å². The van der Waals surface area contributed by atoms with Crippen molar-refractivity contribution in [3.63, 3.8) is 0 Å². The number of nitrogens with zero attached hydrogens (tertiary/aromatic N) is 4. The highest BCUT2D eigenvalue weighted by Crippen LogP contribution is 2.19. The minimum absolute atomic E-state index is 0.185. The van der Waals surface area contributed by atoms with E-state index in [1.807, 2.05) is 29.1 Å². The Labute approximate surface area is 143 Å². The molecule has 0 unspecified atom stereocenters. The van der Waals surface area contributed by atoms with E-state index in [2.05, 4.69) is 33.9 Å². The molecule has 0 fully saturated rings.